The van der Waals surface area contributed by atoms with Crippen molar-refractivity contribution in [2.45, 2.75) is 6.54 Å². The van der Waals surface area contributed by atoms with Crippen LogP contribution >= 0.6 is 22.9 Å². The zero-order valence-corrected chi connectivity index (χ0v) is 13.3. The van der Waals surface area contributed by atoms with Gasteiger partial charge in [0.1, 0.15) is 0 Å². The summed E-state index contributed by atoms with van der Waals surface area (Å²) >= 11 is 7.52. The second-order valence-corrected chi connectivity index (χ2v) is 5.96. The van der Waals surface area contributed by atoms with Gasteiger partial charge in [-0.15, -0.1) is 0 Å². The highest BCUT2D eigenvalue weighted by molar-refractivity contribution is 7.08. The molecule has 0 radical (unpaired) electrons. The third-order valence-corrected chi connectivity index (χ3v) is 4.09. The van der Waals surface area contributed by atoms with E-state index in [0.717, 1.165) is 11.3 Å². The van der Waals surface area contributed by atoms with E-state index < -0.39 is 0 Å². The molecule has 6 heteroatoms. The second kappa shape index (κ2) is 6.77. The van der Waals surface area contributed by atoms with Gasteiger partial charge >= 0.3 is 0 Å². The first-order valence-electron chi connectivity index (χ1n) is 6.82. The van der Waals surface area contributed by atoms with Crippen molar-refractivity contribution >= 4 is 28.8 Å². The first kappa shape index (κ1) is 14.8. The van der Waals surface area contributed by atoms with Crippen LogP contribution in [0.25, 0.3) is 11.3 Å². The smallest absolute Gasteiger partial charge is 0.251 e. The molecule has 22 heavy (non-hydrogen) atoms. The molecule has 0 saturated heterocycles. The Bertz CT molecular complexity index is 767. The van der Waals surface area contributed by atoms with E-state index in [9.17, 15) is 4.79 Å². The summed E-state index contributed by atoms with van der Waals surface area (Å²) in [4.78, 5) is 12.0. The molecule has 0 fully saturated rings. The molecule has 2 aromatic heterocycles. The van der Waals surface area contributed by atoms with Crippen LogP contribution in [0.3, 0.4) is 0 Å². The van der Waals surface area contributed by atoms with Crippen molar-refractivity contribution < 1.29 is 4.79 Å². The molecule has 3 aromatic rings. The fourth-order valence-electron chi connectivity index (χ4n) is 2.07. The third kappa shape index (κ3) is 3.55. The molecule has 0 saturated carbocycles. The highest BCUT2D eigenvalue weighted by atomic mass is 35.5. The summed E-state index contributed by atoms with van der Waals surface area (Å²) in [5, 5.41) is 12.0. The minimum Gasteiger partial charge on any atom is -0.350 e. The van der Waals surface area contributed by atoms with Crippen LogP contribution in [-0.2, 0) is 6.54 Å². The van der Waals surface area contributed by atoms with Crippen molar-refractivity contribution in [3.63, 3.8) is 0 Å². The molecule has 112 valence electrons. The predicted molar refractivity (Wildman–Crippen MR) is 89.3 cm³/mol. The minimum absolute atomic E-state index is 0.132. The number of thiophene rings is 1. The van der Waals surface area contributed by atoms with Gasteiger partial charge in [0.05, 0.1) is 12.2 Å². The number of nitrogens with one attached hydrogen (secondary N) is 1. The van der Waals surface area contributed by atoms with Gasteiger partial charge in [-0.2, -0.15) is 16.4 Å². The fourth-order valence-corrected chi connectivity index (χ4v) is 2.91. The van der Waals surface area contributed by atoms with Gasteiger partial charge in [0.25, 0.3) is 5.91 Å². The first-order chi connectivity index (χ1) is 10.7. The first-order valence-corrected chi connectivity index (χ1v) is 8.14. The van der Waals surface area contributed by atoms with Gasteiger partial charge in [-0.05, 0) is 35.7 Å². The van der Waals surface area contributed by atoms with E-state index in [1.807, 2.05) is 28.4 Å². The molecule has 1 aromatic carbocycles. The summed E-state index contributed by atoms with van der Waals surface area (Å²) in [5.41, 5.74) is 2.63. The molecular weight excluding hydrogens is 318 g/mol. The minimum atomic E-state index is -0.132. The maximum atomic E-state index is 12.0. The lowest BCUT2D eigenvalue weighted by molar-refractivity contribution is 0.0952. The van der Waals surface area contributed by atoms with Gasteiger partial charge in [0.2, 0.25) is 0 Å². The Balaban J connectivity index is 1.54. The van der Waals surface area contributed by atoms with E-state index in [0.29, 0.717) is 23.7 Å². The van der Waals surface area contributed by atoms with Crippen LogP contribution in [0.1, 0.15) is 10.4 Å². The second-order valence-electron chi connectivity index (χ2n) is 4.74. The maximum absolute atomic E-state index is 12.0. The Labute approximate surface area is 137 Å². The summed E-state index contributed by atoms with van der Waals surface area (Å²) in [6, 6.07) is 10.9. The summed E-state index contributed by atoms with van der Waals surface area (Å²) in [5.74, 6) is -0.132. The van der Waals surface area contributed by atoms with E-state index in [1.54, 1.807) is 35.6 Å². The summed E-state index contributed by atoms with van der Waals surface area (Å²) < 4.78 is 1.82. The van der Waals surface area contributed by atoms with Crippen LogP contribution in [-0.4, -0.2) is 22.2 Å². The van der Waals surface area contributed by atoms with E-state index >= 15 is 0 Å². The van der Waals surface area contributed by atoms with Crippen molar-refractivity contribution in [1.82, 2.24) is 15.1 Å². The highest BCUT2D eigenvalue weighted by Gasteiger charge is 2.06. The Morgan fingerprint density at radius 2 is 2.23 bits per heavy atom. The number of carbonyl (C=O) groups excluding carboxylic acids is 1. The number of hydrogen-bond donors (Lipinski definition) is 1. The van der Waals surface area contributed by atoms with Crippen molar-refractivity contribution in [2.75, 3.05) is 6.54 Å². The van der Waals surface area contributed by atoms with Crippen molar-refractivity contribution in [2.24, 2.45) is 0 Å². The zero-order valence-electron chi connectivity index (χ0n) is 11.7. The van der Waals surface area contributed by atoms with E-state index in [1.165, 1.54) is 0 Å². The quantitative estimate of drug-likeness (QED) is 0.775. The summed E-state index contributed by atoms with van der Waals surface area (Å²) in [6.07, 6.45) is 1.92. The molecule has 0 bridgehead atoms. The Morgan fingerprint density at radius 3 is 3.00 bits per heavy atom. The van der Waals surface area contributed by atoms with Crippen LogP contribution in [0.5, 0.6) is 0 Å². The zero-order chi connectivity index (χ0) is 15.4. The van der Waals surface area contributed by atoms with Gasteiger partial charge in [-0.25, -0.2) is 0 Å². The Kier molecular flexibility index (Phi) is 4.56. The number of aromatic nitrogens is 2. The van der Waals surface area contributed by atoms with Crippen molar-refractivity contribution in [3.05, 3.63) is 63.9 Å². The molecule has 0 spiro atoms. The highest BCUT2D eigenvalue weighted by Crippen LogP contribution is 2.19. The Hall–Kier alpha value is -2.11. The van der Waals surface area contributed by atoms with Crippen LogP contribution in [0.2, 0.25) is 5.02 Å². The molecule has 1 N–H and O–H groups in total. The lowest BCUT2D eigenvalue weighted by Gasteiger charge is -2.05. The molecule has 0 aliphatic carbocycles. The van der Waals surface area contributed by atoms with Crippen LogP contribution in [0.4, 0.5) is 0 Å². The molecular formula is C16H14ClN3OS. The van der Waals surface area contributed by atoms with E-state index in [4.69, 9.17) is 11.6 Å². The molecule has 0 aliphatic heterocycles. The lowest BCUT2D eigenvalue weighted by atomic mass is 10.2. The molecule has 2 heterocycles. The number of halogens is 1. The normalized spacial score (nSPS) is 10.6. The van der Waals surface area contributed by atoms with E-state index in [2.05, 4.69) is 15.8 Å². The predicted octanol–water partition coefficient (Wildman–Crippen LogP) is 3.70. The molecule has 0 unspecified atom stereocenters. The number of carbonyl (C=O) groups is 1. The average molecular weight is 332 g/mol. The van der Waals surface area contributed by atoms with Crippen molar-refractivity contribution in [3.8, 4) is 11.3 Å². The standard InChI is InChI=1S/C16H14ClN3OS/c17-14-3-1-2-12(10-14)16(21)18-6-8-20-7-4-15(19-20)13-5-9-22-11-13/h1-5,7,9-11H,6,8H2,(H,18,21). The lowest BCUT2D eigenvalue weighted by Crippen LogP contribution is -2.27. The van der Waals surface area contributed by atoms with Gasteiger partial charge in [0.15, 0.2) is 0 Å². The molecule has 1 amide bonds. The SMILES string of the molecule is O=C(NCCn1ccc(-c2ccsc2)n1)c1cccc(Cl)c1. The van der Waals surface area contributed by atoms with Gasteiger partial charge in [0, 0.05) is 34.3 Å². The maximum Gasteiger partial charge on any atom is 0.251 e. The van der Waals surface area contributed by atoms with Gasteiger partial charge < -0.3 is 5.32 Å². The number of benzene rings is 1. The van der Waals surface area contributed by atoms with Crippen molar-refractivity contribution in [1.29, 1.82) is 0 Å². The topological polar surface area (TPSA) is 46.9 Å². The fraction of sp³-hybridized carbons (Fsp3) is 0.125. The van der Waals surface area contributed by atoms with Crippen LogP contribution in [0, 0.1) is 0 Å². The van der Waals surface area contributed by atoms with Crippen LogP contribution in [0.15, 0.2) is 53.4 Å². The average Bonchev–Trinajstić information content (AvgIpc) is 3.18. The molecule has 4 nitrogen and oxygen atoms in total. The third-order valence-electron chi connectivity index (χ3n) is 3.17. The number of rotatable bonds is 5. The molecule has 0 atom stereocenters. The summed E-state index contributed by atoms with van der Waals surface area (Å²) in [7, 11) is 0. The Morgan fingerprint density at radius 1 is 1.32 bits per heavy atom. The number of hydrogen-bond acceptors (Lipinski definition) is 3. The van der Waals surface area contributed by atoms with E-state index in [-0.39, 0.29) is 5.91 Å². The van der Waals surface area contributed by atoms with Gasteiger partial charge in [-0.3, -0.25) is 9.48 Å². The number of nitrogens with zero attached hydrogens (tertiary/aromatic N) is 2. The van der Waals surface area contributed by atoms with Gasteiger partial charge in [-0.1, -0.05) is 17.7 Å². The largest absolute Gasteiger partial charge is 0.350 e. The van der Waals surface area contributed by atoms with Crippen LogP contribution < -0.4 is 5.32 Å². The summed E-state index contributed by atoms with van der Waals surface area (Å²) in [6.45, 7) is 1.13. The molecule has 3 rings (SSSR count). The molecule has 0 aliphatic rings. The monoisotopic (exact) mass is 331 g/mol. The number of amides is 1.